The molecule has 1 atom stereocenters. The molecule has 2 aromatic rings. The minimum Gasteiger partial charge on any atom is -0.489 e. The van der Waals surface area contributed by atoms with E-state index >= 15 is 0 Å². The molecule has 0 saturated heterocycles. The number of unbranched alkanes of at least 4 members (excludes halogenated alkanes) is 5. The Labute approximate surface area is 196 Å². The van der Waals surface area contributed by atoms with Gasteiger partial charge in [0.05, 0.1) is 4.75 Å². The second kappa shape index (κ2) is 12.1. The van der Waals surface area contributed by atoms with E-state index in [0.717, 1.165) is 29.5 Å². The number of thioether (sulfide) groups is 1. The fourth-order valence-electron chi connectivity index (χ4n) is 4.06. The van der Waals surface area contributed by atoms with Crippen LogP contribution in [0.25, 0.3) is 11.1 Å². The summed E-state index contributed by atoms with van der Waals surface area (Å²) in [5, 5.41) is 0.0254. The summed E-state index contributed by atoms with van der Waals surface area (Å²) < 4.78 is 5.53. The first-order valence-corrected chi connectivity index (χ1v) is 12.6. The number of hydrogen-bond acceptors (Lipinski definition) is 4. The van der Waals surface area contributed by atoms with E-state index in [-0.39, 0.29) is 22.3 Å². The minimum absolute atomic E-state index is 0.00615. The zero-order valence-corrected chi connectivity index (χ0v) is 20.1. The Morgan fingerprint density at radius 2 is 1.56 bits per heavy atom. The Morgan fingerprint density at radius 1 is 0.906 bits per heavy atom. The van der Waals surface area contributed by atoms with Crippen molar-refractivity contribution in [3.63, 3.8) is 0 Å². The summed E-state index contributed by atoms with van der Waals surface area (Å²) in [4.78, 5) is 24.6. The van der Waals surface area contributed by atoms with Crippen LogP contribution in [0, 0.1) is 0 Å². The smallest absolute Gasteiger partial charge is 0.216 e. The number of carbonyl (C=O) groups is 2. The van der Waals surface area contributed by atoms with Crippen molar-refractivity contribution in [2.75, 3.05) is 6.61 Å². The fourth-order valence-corrected chi connectivity index (χ4v) is 5.13. The lowest BCUT2D eigenvalue weighted by molar-refractivity contribution is -0.122. The first kappa shape index (κ1) is 24.3. The van der Waals surface area contributed by atoms with Crippen molar-refractivity contribution in [1.82, 2.24) is 0 Å². The third-order valence-electron chi connectivity index (χ3n) is 5.95. The molecule has 0 aliphatic carbocycles. The summed E-state index contributed by atoms with van der Waals surface area (Å²) in [7, 11) is 0. The lowest BCUT2D eigenvalue weighted by Crippen LogP contribution is -2.24. The van der Waals surface area contributed by atoms with Gasteiger partial charge in [0, 0.05) is 12.5 Å². The molecule has 0 amide bonds. The van der Waals surface area contributed by atoms with E-state index < -0.39 is 0 Å². The van der Waals surface area contributed by atoms with Gasteiger partial charge in [-0.1, -0.05) is 112 Å². The molecule has 1 aliphatic heterocycles. The van der Waals surface area contributed by atoms with E-state index in [0.29, 0.717) is 12.2 Å². The Bertz CT molecular complexity index is 917. The predicted molar refractivity (Wildman–Crippen MR) is 134 cm³/mol. The van der Waals surface area contributed by atoms with Gasteiger partial charge in [-0.15, -0.1) is 0 Å². The van der Waals surface area contributed by atoms with Gasteiger partial charge in [0.15, 0.2) is 5.78 Å². The van der Waals surface area contributed by atoms with Crippen LogP contribution < -0.4 is 0 Å². The number of ketones is 1. The van der Waals surface area contributed by atoms with Gasteiger partial charge in [0.1, 0.15) is 12.4 Å². The lowest BCUT2D eigenvalue weighted by Gasteiger charge is -2.26. The predicted octanol–water partition coefficient (Wildman–Crippen LogP) is 7.15. The second-order valence-corrected chi connectivity index (χ2v) is 10.3. The number of hydrogen-bond donors (Lipinski definition) is 0. The van der Waals surface area contributed by atoms with Gasteiger partial charge in [-0.2, -0.15) is 0 Å². The number of carbonyl (C=O) groups excluding carboxylic acids is 2. The summed E-state index contributed by atoms with van der Waals surface area (Å²) in [6, 6.07) is 18.3. The third-order valence-corrected chi connectivity index (χ3v) is 7.13. The molecule has 3 rings (SSSR count). The van der Waals surface area contributed by atoms with Crippen LogP contribution in [0.15, 0.2) is 66.4 Å². The van der Waals surface area contributed by atoms with Crippen LogP contribution in [0.2, 0.25) is 0 Å². The fraction of sp³-hybridized carbons (Fsp3) is 0.429. The number of Topliss-reactive ketones (excluding diaryl/α,β-unsaturated/α-hetero) is 1. The van der Waals surface area contributed by atoms with E-state index in [1.807, 2.05) is 42.5 Å². The average Bonchev–Trinajstić information content (AvgIpc) is 3.09. The Hall–Kier alpha value is -2.33. The molecular weight excluding hydrogens is 416 g/mol. The van der Waals surface area contributed by atoms with E-state index in [1.165, 1.54) is 43.9 Å². The molecule has 3 nitrogen and oxygen atoms in total. The highest BCUT2D eigenvalue weighted by atomic mass is 32.2. The van der Waals surface area contributed by atoms with E-state index in [9.17, 15) is 9.59 Å². The van der Waals surface area contributed by atoms with Gasteiger partial charge in [-0.3, -0.25) is 9.59 Å². The van der Waals surface area contributed by atoms with Gasteiger partial charge in [-0.25, -0.2) is 0 Å². The summed E-state index contributed by atoms with van der Waals surface area (Å²) >= 11 is 1.33. The standard InChI is InChI=1S/C28H34O3S/c1-3-4-5-6-7-11-18-28(2)26(20-27(30)32-28)31-21-25(29)19-22-14-16-24(17-15-22)23-12-9-8-10-13-23/h8-10,12-17,20H,3-7,11,18-19,21H2,1-2H3. The Morgan fingerprint density at radius 3 is 2.28 bits per heavy atom. The van der Waals surface area contributed by atoms with Crippen molar-refractivity contribution in [1.29, 1.82) is 0 Å². The highest BCUT2D eigenvalue weighted by Crippen LogP contribution is 2.44. The summed E-state index contributed by atoms with van der Waals surface area (Å²) in [5.41, 5.74) is 3.27. The number of ether oxygens (including phenoxy) is 1. The van der Waals surface area contributed by atoms with Crippen molar-refractivity contribution in [3.8, 4) is 11.1 Å². The second-order valence-electron chi connectivity index (χ2n) is 8.75. The maximum Gasteiger partial charge on any atom is 0.216 e. The minimum atomic E-state index is -0.348. The maximum atomic E-state index is 12.5. The third kappa shape index (κ3) is 7.09. The normalized spacial score (nSPS) is 17.9. The zero-order chi connectivity index (χ0) is 22.8. The van der Waals surface area contributed by atoms with E-state index in [1.54, 1.807) is 6.08 Å². The number of rotatable bonds is 13. The summed E-state index contributed by atoms with van der Waals surface area (Å²) in [6.07, 6.45) is 10.1. The van der Waals surface area contributed by atoms with Crippen molar-refractivity contribution < 1.29 is 14.3 Å². The van der Waals surface area contributed by atoms with Crippen molar-refractivity contribution in [3.05, 3.63) is 72.0 Å². The molecular formula is C28H34O3S. The van der Waals surface area contributed by atoms with Gasteiger partial charge in [0.25, 0.3) is 0 Å². The number of benzene rings is 2. The van der Waals surface area contributed by atoms with Crippen LogP contribution >= 0.6 is 11.8 Å². The van der Waals surface area contributed by atoms with Crippen molar-refractivity contribution in [2.45, 2.75) is 70.0 Å². The summed E-state index contributed by atoms with van der Waals surface area (Å²) in [5.74, 6) is 0.679. The van der Waals surface area contributed by atoms with Crippen molar-refractivity contribution in [2.24, 2.45) is 0 Å². The highest BCUT2D eigenvalue weighted by Gasteiger charge is 2.39. The molecule has 1 aliphatic rings. The Kier molecular flexibility index (Phi) is 9.16. The van der Waals surface area contributed by atoms with Gasteiger partial charge in [0.2, 0.25) is 5.12 Å². The Balaban J connectivity index is 1.47. The van der Waals surface area contributed by atoms with Gasteiger partial charge >= 0.3 is 0 Å². The molecule has 0 aromatic heterocycles. The SMILES string of the molecule is CCCCCCCCC1(C)SC(=O)C=C1OCC(=O)Cc1ccc(-c2ccccc2)cc1. The molecule has 0 spiro atoms. The molecule has 0 bridgehead atoms. The monoisotopic (exact) mass is 450 g/mol. The topological polar surface area (TPSA) is 43.4 Å². The molecule has 4 heteroatoms. The molecule has 0 radical (unpaired) electrons. The zero-order valence-electron chi connectivity index (χ0n) is 19.3. The van der Waals surface area contributed by atoms with Crippen LogP contribution in [0.4, 0.5) is 0 Å². The summed E-state index contributed by atoms with van der Waals surface area (Å²) in [6.45, 7) is 4.29. The van der Waals surface area contributed by atoms with Crippen LogP contribution in [0.5, 0.6) is 0 Å². The largest absolute Gasteiger partial charge is 0.489 e. The van der Waals surface area contributed by atoms with Crippen molar-refractivity contribution >= 4 is 22.7 Å². The quantitative estimate of drug-likeness (QED) is 0.304. The highest BCUT2D eigenvalue weighted by molar-refractivity contribution is 8.15. The van der Waals surface area contributed by atoms with E-state index in [2.05, 4.69) is 26.0 Å². The van der Waals surface area contributed by atoms with E-state index in [4.69, 9.17) is 4.74 Å². The maximum absolute atomic E-state index is 12.5. The van der Waals surface area contributed by atoms with Gasteiger partial charge in [-0.05, 0) is 30.0 Å². The van der Waals surface area contributed by atoms with Crippen LogP contribution in [0.1, 0.15) is 64.4 Å². The lowest BCUT2D eigenvalue weighted by atomic mass is 9.99. The molecule has 1 heterocycles. The molecule has 0 N–H and O–H groups in total. The van der Waals surface area contributed by atoms with Crippen LogP contribution in [-0.4, -0.2) is 22.3 Å². The average molecular weight is 451 g/mol. The first-order chi connectivity index (χ1) is 15.5. The van der Waals surface area contributed by atoms with Gasteiger partial charge < -0.3 is 4.74 Å². The molecule has 1 unspecified atom stereocenters. The first-order valence-electron chi connectivity index (χ1n) is 11.7. The molecule has 0 fully saturated rings. The molecule has 32 heavy (non-hydrogen) atoms. The molecule has 2 aromatic carbocycles. The van der Waals surface area contributed by atoms with Crippen LogP contribution in [-0.2, 0) is 20.7 Å². The van der Waals surface area contributed by atoms with Crippen LogP contribution in [0.3, 0.4) is 0 Å². The molecule has 170 valence electrons. The molecule has 0 saturated carbocycles.